The Balaban J connectivity index is 1.54. The van der Waals surface area contributed by atoms with Crippen LogP contribution in [0.2, 0.25) is 0 Å². The van der Waals surface area contributed by atoms with E-state index >= 15 is 0 Å². The third kappa shape index (κ3) is 2.46. The van der Waals surface area contributed by atoms with E-state index in [1.165, 1.54) is 0 Å². The second-order valence-corrected chi connectivity index (χ2v) is 6.30. The Morgan fingerprint density at radius 3 is 2.60 bits per heavy atom. The van der Waals surface area contributed by atoms with Crippen LogP contribution in [0.15, 0.2) is 54.6 Å². The van der Waals surface area contributed by atoms with Crippen LogP contribution in [0.25, 0.3) is 0 Å². The second-order valence-electron chi connectivity index (χ2n) is 6.30. The van der Waals surface area contributed by atoms with E-state index in [0.717, 1.165) is 22.4 Å². The molecule has 2 N–H and O–H groups in total. The highest BCUT2D eigenvalue weighted by Gasteiger charge is 2.55. The van der Waals surface area contributed by atoms with Gasteiger partial charge in [-0.15, -0.1) is 0 Å². The van der Waals surface area contributed by atoms with Crippen molar-refractivity contribution in [3.8, 4) is 0 Å². The second kappa shape index (κ2) is 5.73. The summed E-state index contributed by atoms with van der Waals surface area (Å²) in [5, 5.41) is 5.51. The van der Waals surface area contributed by atoms with Gasteiger partial charge in [0.05, 0.1) is 0 Å². The van der Waals surface area contributed by atoms with Crippen LogP contribution in [-0.2, 0) is 21.5 Å². The normalized spacial score (nSPS) is 21.4. The zero-order valence-electron chi connectivity index (χ0n) is 13.5. The molecule has 126 valence electrons. The minimum absolute atomic E-state index is 0.302. The Hall–Kier alpha value is -3.15. The summed E-state index contributed by atoms with van der Waals surface area (Å²) in [5.74, 6) is -0.760. The predicted molar refractivity (Wildman–Crippen MR) is 91.8 cm³/mol. The SMILES string of the molecule is O=C(CN1C(=O)NC2(CCc3ccccc32)C1=O)Nc1ccccc1. The topological polar surface area (TPSA) is 78.5 Å². The molecule has 1 aliphatic carbocycles. The molecule has 6 heteroatoms. The van der Waals surface area contributed by atoms with Gasteiger partial charge in [0.25, 0.3) is 5.91 Å². The maximum atomic E-state index is 13.0. The summed E-state index contributed by atoms with van der Waals surface area (Å²) >= 11 is 0. The lowest BCUT2D eigenvalue weighted by Crippen LogP contribution is -2.42. The monoisotopic (exact) mass is 335 g/mol. The first-order chi connectivity index (χ1) is 12.1. The van der Waals surface area contributed by atoms with E-state index in [1.807, 2.05) is 30.3 Å². The number of fused-ring (bicyclic) bond motifs is 2. The van der Waals surface area contributed by atoms with Crippen molar-refractivity contribution in [2.24, 2.45) is 0 Å². The van der Waals surface area contributed by atoms with Crippen LogP contribution >= 0.6 is 0 Å². The number of carbonyl (C=O) groups excluding carboxylic acids is 3. The number of carbonyl (C=O) groups is 3. The third-order valence-corrected chi connectivity index (χ3v) is 4.78. The van der Waals surface area contributed by atoms with Crippen molar-refractivity contribution in [1.29, 1.82) is 0 Å². The predicted octanol–water partition coefficient (Wildman–Crippen LogP) is 2.02. The van der Waals surface area contributed by atoms with Gasteiger partial charge in [-0.2, -0.15) is 0 Å². The van der Waals surface area contributed by atoms with E-state index in [1.54, 1.807) is 24.3 Å². The molecule has 6 nitrogen and oxygen atoms in total. The number of hydrogen-bond acceptors (Lipinski definition) is 3. The van der Waals surface area contributed by atoms with Crippen LogP contribution < -0.4 is 10.6 Å². The number of nitrogens with zero attached hydrogens (tertiary/aromatic N) is 1. The first-order valence-electron chi connectivity index (χ1n) is 8.17. The summed E-state index contributed by atoms with van der Waals surface area (Å²) < 4.78 is 0. The molecule has 2 aromatic rings. The smallest absolute Gasteiger partial charge is 0.325 e. The number of hydrogen-bond donors (Lipinski definition) is 2. The first kappa shape index (κ1) is 15.4. The summed E-state index contributed by atoms with van der Waals surface area (Å²) in [6.45, 7) is -0.302. The van der Waals surface area contributed by atoms with Crippen molar-refractivity contribution in [2.75, 3.05) is 11.9 Å². The minimum Gasteiger partial charge on any atom is -0.325 e. The molecule has 1 saturated heterocycles. The third-order valence-electron chi connectivity index (χ3n) is 4.78. The van der Waals surface area contributed by atoms with Crippen molar-refractivity contribution in [3.05, 3.63) is 65.7 Å². The van der Waals surface area contributed by atoms with Gasteiger partial charge in [0, 0.05) is 5.69 Å². The molecule has 1 spiro atoms. The summed E-state index contributed by atoms with van der Waals surface area (Å²) in [4.78, 5) is 38.5. The number of nitrogens with one attached hydrogen (secondary N) is 2. The van der Waals surface area contributed by atoms with Crippen molar-refractivity contribution in [2.45, 2.75) is 18.4 Å². The standard InChI is InChI=1S/C19H17N3O3/c23-16(20-14-7-2-1-3-8-14)12-22-17(24)19(21-18(22)25)11-10-13-6-4-5-9-15(13)19/h1-9H,10-12H2,(H,20,23)(H,21,25). The Morgan fingerprint density at radius 2 is 1.80 bits per heavy atom. The van der Waals surface area contributed by atoms with Crippen LogP contribution in [0.5, 0.6) is 0 Å². The molecule has 1 atom stereocenters. The summed E-state index contributed by atoms with van der Waals surface area (Å²) in [6.07, 6.45) is 1.25. The van der Waals surface area contributed by atoms with Crippen LogP contribution in [-0.4, -0.2) is 29.3 Å². The molecule has 25 heavy (non-hydrogen) atoms. The number of imide groups is 1. The maximum absolute atomic E-state index is 13.0. The van der Waals surface area contributed by atoms with E-state index in [0.29, 0.717) is 12.1 Å². The molecule has 1 aliphatic heterocycles. The van der Waals surface area contributed by atoms with Crippen LogP contribution in [0, 0.1) is 0 Å². The average molecular weight is 335 g/mol. The van der Waals surface area contributed by atoms with Gasteiger partial charge < -0.3 is 10.6 Å². The van der Waals surface area contributed by atoms with Gasteiger partial charge in [0.1, 0.15) is 12.1 Å². The lowest BCUT2D eigenvalue weighted by Gasteiger charge is -2.22. The number of para-hydroxylation sites is 1. The van der Waals surface area contributed by atoms with Crippen LogP contribution in [0.3, 0.4) is 0 Å². The van der Waals surface area contributed by atoms with Gasteiger partial charge in [-0.1, -0.05) is 42.5 Å². The molecule has 4 amide bonds. The van der Waals surface area contributed by atoms with E-state index < -0.39 is 17.5 Å². The molecule has 4 rings (SSSR count). The molecular weight excluding hydrogens is 318 g/mol. The molecule has 1 heterocycles. The van der Waals surface area contributed by atoms with Crippen molar-refractivity contribution in [1.82, 2.24) is 10.2 Å². The number of amides is 4. The molecule has 1 unspecified atom stereocenters. The van der Waals surface area contributed by atoms with E-state index in [2.05, 4.69) is 10.6 Å². The zero-order valence-corrected chi connectivity index (χ0v) is 13.5. The Kier molecular flexibility index (Phi) is 3.53. The van der Waals surface area contributed by atoms with Crippen LogP contribution in [0.4, 0.5) is 10.5 Å². The number of benzene rings is 2. The van der Waals surface area contributed by atoms with Crippen molar-refractivity contribution < 1.29 is 14.4 Å². The number of rotatable bonds is 3. The minimum atomic E-state index is -1.03. The molecule has 2 aliphatic rings. The van der Waals surface area contributed by atoms with Gasteiger partial charge in [0.15, 0.2) is 0 Å². The maximum Gasteiger partial charge on any atom is 0.325 e. The van der Waals surface area contributed by atoms with E-state index in [9.17, 15) is 14.4 Å². The fraction of sp³-hybridized carbons (Fsp3) is 0.211. The molecule has 0 aromatic heterocycles. The van der Waals surface area contributed by atoms with Gasteiger partial charge in [-0.05, 0) is 36.1 Å². The summed E-state index contributed by atoms with van der Waals surface area (Å²) in [7, 11) is 0. The van der Waals surface area contributed by atoms with Crippen molar-refractivity contribution >= 4 is 23.5 Å². The van der Waals surface area contributed by atoms with Gasteiger partial charge >= 0.3 is 6.03 Å². The molecule has 0 bridgehead atoms. The van der Waals surface area contributed by atoms with E-state index in [-0.39, 0.29) is 12.5 Å². The molecule has 2 aromatic carbocycles. The quantitative estimate of drug-likeness (QED) is 0.842. The molecule has 1 fully saturated rings. The lowest BCUT2D eigenvalue weighted by atomic mass is 9.92. The highest BCUT2D eigenvalue weighted by molar-refractivity contribution is 6.10. The van der Waals surface area contributed by atoms with Gasteiger partial charge in [0.2, 0.25) is 5.91 Å². The highest BCUT2D eigenvalue weighted by Crippen LogP contribution is 2.41. The summed E-state index contributed by atoms with van der Waals surface area (Å²) in [5.41, 5.74) is 1.49. The number of urea groups is 1. The number of aryl methyl sites for hydroxylation is 1. The lowest BCUT2D eigenvalue weighted by molar-refractivity contribution is -0.134. The molecule has 0 saturated carbocycles. The zero-order chi connectivity index (χ0) is 17.4. The molecular formula is C19H17N3O3. The highest BCUT2D eigenvalue weighted by atomic mass is 16.2. The summed E-state index contributed by atoms with van der Waals surface area (Å²) in [6, 6.07) is 16.0. The first-order valence-corrected chi connectivity index (χ1v) is 8.17. The van der Waals surface area contributed by atoms with Gasteiger partial charge in [-0.25, -0.2) is 4.79 Å². The molecule has 0 radical (unpaired) electrons. The Labute approximate surface area is 144 Å². The van der Waals surface area contributed by atoms with Crippen LogP contribution in [0.1, 0.15) is 17.5 Å². The number of anilines is 1. The Morgan fingerprint density at radius 1 is 1.08 bits per heavy atom. The largest absolute Gasteiger partial charge is 0.325 e. The van der Waals surface area contributed by atoms with Gasteiger partial charge in [-0.3, -0.25) is 14.5 Å². The fourth-order valence-corrected chi connectivity index (χ4v) is 3.60. The average Bonchev–Trinajstić information content (AvgIpc) is 3.10. The Bertz CT molecular complexity index is 865. The van der Waals surface area contributed by atoms with Crippen molar-refractivity contribution in [3.63, 3.8) is 0 Å². The van der Waals surface area contributed by atoms with E-state index in [4.69, 9.17) is 0 Å². The fourth-order valence-electron chi connectivity index (χ4n) is 3.60.